The maximum atomic E-state index is 13.0. The smallest absolute Gasteiger partial charge is 0.276 e. The third-order valence-corrected chi connectivity index (χ3v) is 7.09. The van der Waals surface area contributed by atoms with Gasteiger partial charge in [0.1, 0.15) is 5.76 Å². The van der Waals surface area contributed by atoms with E-state index in [1.807, 2.05) is 30.3 Å². The fourth-order valence-corrected chi connectivity index (χ4v) is 6.17. The molecule has 0 aliphatic carbocycles. The van der Waals surface area contributed by atoms with Crippen molar-refractivity contribution in [2.75, 3.05) is 24.6 Å². The van der Waals surface area contributed by atoms with Crippen LogP contribution in [0.4, 0.5) is 0 Å². The Bertz CT molecular complexity index is 955. The van der Waals surface area contributed by atoms with Gasteiger partial charge < -0.3 is 9.32 Å². The van der Waals surface area contributed by atoms with E-state index in [4.69, 9.17) is 4.42 Å². The molecule has 0 saturated carbocycles. The molecule has 2 fully saturated rings. The summed E-state index contributed by atoms with van der Waals surface area (Å²) >= 11 is 0. The summed E-state index contributed by atoms with van der Waals surface area (Å²) in [4.78, 5) is 21.1. The van der Waals surface area contributed by atoms with Crippen LogP contribution < -0.4 is 0 Å². The Labute approximate surface area is 158 Å². The Kier molecular flexibility index (Phi) is 4.55. The van der Waals surface area contributed by atoms with E-state index in [1.54, 1.807) is 18.7 Å². The highest BCUT2D eigenvalue weighted by Gasteiger charge is 2.48. The van der Waals surface area contributed by atoms with Gasteiger partial charge in [0, 0.05) is 32.6 Å². The van der Waals surface area contributed by atoms with Crippen molar-refractivity contribution in [3.05, 3.63) is 53.2 Å². The molecule has 7 nitrogen and oxygen atoms in total. The second-order valence-electron chi connectivity index (χ2n) is 7.30. The number of nitrogens with zero attached hydrogens (tertiary/aromatic N) is 3. The number of aryl methyl sites for hydroxylation is 2. The minimum atomic E-state index is -3.19. The van der Waals surface area contributed by atoms with E-state index in [9.17, 15) is 13.2 Å². The molecule has 0 spiro atoms. The minimum Gasteiger partial charge on any atom is -0.445 e. The maximum absolute atomic E-state index is 13.0. The molecule has 0 bridgehead atoms. The summed E-state index contributed by atoms with van der Waals surface area (Å²) in [6.45, 7) is 5.20. The van der Waals surface area contributed by atoms with Gasteiger partial charge in [0.2, 0.25) is 0 Å². The van der Waals surface area contributed by atoms with Crippen molar-refractivity contribution in [2.24, 2.45) is 0 Å². The van der Waals surface area contributed by atoms with Crippen LogP contribution in [0.1, 0.15) is 27.7 Å². The molecule has 0 radical (unpaired) electrons. The Morgan fingerprint density at radius 2 is 1.85 bits per heavy atom. The quantitative estimate of drug-likeness (QED) is 0.789. The van der Waals surface area contributed by atoms with Crippen molar-refractivity contribution in [1.82, 2.24) is 14.8 Å². The number of oxazole rings is 1. The third-order valence-electron chi connectivity index (χ3n) is 5.39. The molecular weight excluding hydrogens is 366 g/mol. The normalized spacial score (nSPS) is 24.7. The molecule has 1 aromatic heterocycles. The van der Waals surface area contributed by atoms with E-state index >= 15 is 0 Å². The summed E-state index contributed by atoms with van der Waals surface area (Å²) < 4.78 is 30.1. The van der Waals surface area contributed by atoms with E-state index in [-0.39, 0.29) is 35.2 Å². The lowest BCUT2D eigenvalue weighted by molar-refractivity contribution is 0.0301. The number of rotatable bonds is 3. The highest BCUT2D eigenvalue weighted by molar-refractivity contribution is 7.91. The number of carbonyl (C=O) groups is 1. The van der Waals surface area contributed by atoms with Gasteiger partial charge in [0.25, 0.3) is 5.91 Å². The minimum absolute atomic E-state index is 0.00454. The van der Waals surface area contributed by atoms with Crippen molar-refractivity contribution in [3.8, 4) is 0 Å². The predicted molar refractivity (Wildman–Crippen MR) is 100 cm³/mol. The standard InChI is InChI=1S/C19H23N3O4S/c1-13-18(20-14(2)26-13)19(23)22-9-8-21(10-15-6-4-3-5-7-15)16-11-27(24,25)12-17(16)22/h3-7,16-17H,8-12H2,1-2H3/t16-,17+/m1/s1. The zero-order valence-electron chi connectivity index (χ0n) is 15.5. The summed E-state index contributed by atoms with van der Waals surface area (Å²) in [5.41, 5.74) is 1.43. The van der Waals surface area contributed by atoms with E-state index in [0.717, 1.165) is 5.56 Å². The third kappa shape index (κ3) is 3.51. The van der Waals surface area contributed by atoms with E-state index in [1.165, 1.54) is 0 Å². The van der Waals surface area contributed by atoms with Gasteiger partial charge in [-0.3, -0.25) is 9.69 Å². The van der Waals surface area contributed by atoms with Crippen LogP contribution in [0.15, 0.2) is 34.7 Å². The molecule has 4 rings (SSSR count). The lowest BCUT2D eigenvalue weighted by Gasteiger charge is -2.43. The molecule has 2 aliphatic heterocycles. The fraction of sp³-hybridized carbons (Fsp3) is 0.474. The van der Waals surface area contributed by atoms with Gasteiger partial charge in [0.05, 0.1) is 17.5 Å². The summed E-state index contributed by atoms with van der Waals surface area (Å²) in [5.74, 6) is 0.766. The first-order valence-corrected chi connectivity index (χ1v) is 10.9. The average molecular weight is 389 g/mol. The van der Waals surface area contributed by atoms with Gasteiger partial charge in [0.15, 0.2) is 21.4 Å². The summed E-state index contributed by atoms with van der Waals surface area (Å²) in [6, 6.07) is 9.46. The number of fused-ring (bicyclic) bond motifs is 1. The number of benzene rings is 1. The first-order valence-electron chi connectivity index (χ1n) is 9.07. The van der Waals surface area contributed by atoms with Gasteiger partial charge in [-0.25, -0.2) is 13.4 Å². The highest BCUT2D eigenvalue weighted by Crippen LogP contribution is 2.29. The van der Waals surface area contributed by atoms with Crippen LogP contribution >= 0.6 is 0 Å². The molecule has 2 atom stereocenters. The van der Waals surface area contributed by atoms with Crippen LogP contribution in [0, 0.1) is 13.8 Å². The van der Waals surface area contributed by atoms with Crippen LogP contribution in [0.3, 0.4) is 0 Å². The molecule has 144 valence electrons. The van der Waals surface area contributed by atoms with Crippen LogP contribution in [0.2, 0.25) is 0 Å². The topological polar surface area (TPSA) is 83.7 Å². The predicted octanol–water partition coefficient (Wildman–Crippen LogP) is 1.42. The second kappa shape index (κ2) is 6.76. The zero-order chi connectivity index (χ0) is 19.2. The van der Waals surface area contributed by atoms with Gasteiger partial charge in [-0.1, -0.05) is 30.3 Å². The Hall–Kier alpha value is -2.19. The lowest BCUT2D eigenvalue weighted by Crippen LogP contribution is -2.60. The molecule has 2 saturated heterocycles. The number of amides is 1. The molecule has 0 unspecified atom stereocenters. The number of hydrogen-bond donors (Lipinski definition) is 0. The number of aromatic nitrogens is 1. The highest BCUT2D eigenvalue weighted by atomic mass is 32.2. The van der Waals surface area contributed by atoms with Crippen LogP contribution in [-0.4, -0.2) is 65.8 Å². The van der Waals surface area contributed by atoms with E-state index in [2.05, 4.69) is 9.88 Å². The largest absolute Gasteiger partial charge is 0.445 e. The Balaban J connectivity index is 1.60. The molecule has 2 aliphatic rings. The first-order chi connectivity index (χ1) is 12.8. The van der Waals surface area contributed by atoms with Crippen LogP contribution in [-0.2, 0) is 16.4 Å². The lowest BCUT2D eigenvalue weighted by atomic mass is 10.0. The van der Waals surface area contributed by atoms with Gasteiger partial charge in [-0.2, -0.15) is 0 Å². The molecular formula is C19H23N3O4S. The number of carbonyl (C=O) groups excluding carboxylic acids is 1. The van der Waals surface area contributed by atoms with Crippen molar-refractivity contribution < 1.29 is 17.6 Å². The van der Waals surface area contributed by atoms with Crippen LogP contribution in [0.5, 0.6) is 0 Å². The fourth-order valence-electron chi connectivity index (χ4n) is 4.15. The van der Waals surface area contributed by atoms with Gasteiger partial charge in [-0.15, -0.1) is 0 Å². The molecule has 27 heavy (non-hydrogen) atoms. The van der Waals surface area contributed by atoms with Gasteiger partial charge in [-0.05, 0) is 12.5 Å². The Morgan fingerprint density at radius 3 is 2.52 bits per heavy atom. The molecule has 1 amide bonds. The number of piperazine rings is 1. The van der Waals surface area contributed by atoms with Crippen LogP contribution in [0.25, 0.3) is 0 Å². The first kappa shape index (κ1) is 18.2. The number of hydrogen-bond acceptors (Lipinski definition) is 6. The summed E-state index contributed by atoms with van der Waals surface area (Å²) in [7, 11) is -3.19. The zero-order valence-corrected chi connectivity index (χ0v) is 16.3. The number of sulfone groups is 1. The van der Waals surface area contributed by atoms with Gasteiger partial charge >= 0.3 is 0 Å². The molecule has 3 heterocycles. The van der Waals surface area contributed by atoms with Crippen molar-refractivity contribution >= 4 is 15.7 Å². The van der Waals surface area contributed by atoms with E-state index in [0.29, 0.717) is 31.3 Å². The monoisotopic (exact) mass is 389 g/mol. The van der Waals surface area contributed by atoms with E-state index < -0.39 is 9.84 Å². The van der Waals surface area contributed by atoms with Crippen molar-refractivity contribution in [1.29, 1.82) is 0 Å². The summed E-state index contributed by atoms with van der Waals surface area (Å²) in [5, 5.41) is 0. The molecule has 8 heteroatoms. The SMILES string of the molecule is Cc1nc(C(=O)N2CCN(Cc3ccccc3)[C@@H]3CS(=O)(=O)C[C@@H]32)c(C)o1. The molecule has 1 aromatic carbocycles. The summed E-state index contributed by atoms with van der Waals surface area (Å²) in [6.07, 6.45) is 0. The average Bonchev–Trinajstić information content (AvgIpc) is 3.13. The molecule has 2 aromatic rings. The van der Waals surface area contributed by atoms with Crippen molar-refractivity contribution in [2.45, 2.75) is 32.5 Å². The second-order valence-corrected chi connectivity index (χ2v) is 9.46. The Morgan fingerprint density at radius 1 is 1.15 bits per heavy atom. The van der Waals surface area contributed by atoms with Crippen molar-refractivity contribution in [3.63, 3.8) is 0 Å². The molecule has 0 N–H and O–H groups in total. The maximum Gasteiger partial charge on any atom is 0.276 e.